The molecule has 2 saturated heterocycles. The number of aliphatic hydroxyl groups is 1. The van der Waals surface area contributed by atoms with Crippen LogP contribution in [0.3, 0.4) is 0 Å². The highest BCUT2D eigenvalue weighted by Gasteiger charge is 2.42. The van der Waals surface area contributed by atoms with Gasteiger partial charge in [-0.3, -0.25) is 9.59 Å². The van der Waals surface area contributed by atoms with Crippen LogP contribution in [0.2, 0.25) is 0 Å². The number of methoxy groups -OCH3 is 1. The molecular weight excluding hydrogens is 310 g/mol. The van der Waals surface area contributed by atoms with E-state index in [4.69, 9.17) is 14.6 Å². The van der Waals surface area contributed by atoms with Crippen molar-refractivity contribution in [2.24, 2.45) is 0 Å². The monoisotopic (exact) mass is 335 g/mol. The van der Waals surface area contributed by atoms with Gasteiger partial charge in [-0.25, -0.2) is 0 Å². The molecule has 2 bridgehead atoms. The molecule has 6 nitrogen and oxygen atoms in total. The van der Waals surface area contributed by atoms with Crippen LogP contribution >= 0.6 is 0 Å². The van der Waals surface area contributed by atoms with Crippen molar-refractivity contribution in [2.45, 2.75) is 56.4 Å². The van der Waals surface area contributed by atoms with Crippen LogP contribution < -0.4 is 0 Å². The molecule has 0 aliphatic carbocycles. The van der Waals surface area contributed by atoms with Crippen LogP contribution in [0.25, 0.3) is 0 Å². The molecule has 2 aliphatic heterocycles. The molecule has 2 N–H and O–H groups in total. The molecule has 1 amide bonds. The van der Waals surface area contributed by atoms with E-state index in [0.29, 0.717) is 12.8 Å². The Morgan fingerprint density at radius 1 is 1.25 bits per heavy atom. The molecule has 2 unspecified atom stereocenters. The van der Waals surface area contributed by atoms with Crippen molar-refractivity contribution in [3.05, 3.63) is 35.9 Å². The van der Waals surface area contributed by atoms with Crippen molar-refractivity contribution in [2.75, 3.05) is 7.11 Å². The van der Waals surface area contributed by atoms with Gasteiger partial charge in [0, 0.05) is 19.2 Å². The molecule has 0 spiro atoms. The fourth-order valence-electron chi connectivity index (χ4n) is 3.86. The number of aliphatic hydroxyl groups excluding tert-OH is 1. The molecule has 4 atom stereocenters. The fourth-order valence-corrected chi connectivity index (χ4v) is 3.86. The van der Waals surface area contributed by atoms with Crippen LogP contribution in [0.1, 0.15) is 43.8 Å². The third-order valence-electron chi connectivity index (χ3n) is 4.77. The van der Waals surface area contributed by atoms with Crippen LogP contribution in [0.5, 0.6) is 0 Å². The molecule has 2 fully saturated rings. The number of benzene rings is 1. The topological polar surface area (TPSA) is 87.1 Å². The summed E-state index contributed by atoms with van der Waals surface area (Å²) in [6.07, 6.45) is 3.73. The first kappa shape index (κ1) is 18.4. The number of amides is 1. The Morgan fingerprint density at radius 3 is 2.29 bits per heavy atom. The van der Waals surface area contributed by atoms with Gasteiger partial charge in [0.05, 0.1) is 6.10 Å². The fraction of sp³-hybridized carbons (Fsp3) is 0.556. The minimum Gasteiger partial charge on any atom is -0.483 e. The molecule has 6 heteroatoms. The maximum atomic E-state index is 13.0. The van der Waals surface area contributed by atoms with E-state index in [0.717, 1.165) is 24.8 Å². The first-order valence-electron chi connectivity index (χ1n) is 8.28. The maximum absolute atomic E-state index is 13.0. The van der Waals surface area contributed by atoms with E-state index in [-0.39, 0.29) is 30.6 Å². The second-order valence-corrected chi connectivity index (χ2v) is 6.24. The van der Waals surface area contributed by atoms with Gasteiger partial charge in [-0.15, -0.1) is 0 Å². The minimum atomic E-state index is -0.537. The Labute approximate surface area is 142 Å². The lowest BCUT2D eigenvalue weighted by Crippen LogP contribution is -2.57. The van der Waals surface area contributed by atoms with E-state index in [2.05, 4.69) is 0 Å². The van der Waals surface area contributed by atoms with E-state index in [9.17, 15) is 9.90 Å². The lowest BCUT2D eigenvalue weighted by atomic mass is 9.82. The molecule has 132 valence electrons. The number of carbonyl (C=O) groups excluding carboxylic acids is 1. The van der Waals surface area contributed by atoms with Gasteiger partial charge in [0.2, 0.25) is 0 Å². The molecule has 3 rings (SSSR count). The highest BCUT2D eigenvalue weighted by molar-refractivity contribution is 5.83. The number of ether oxygens (including phenoxy) is 1. The summed E-state index contributed by atoms with van der Waals surface area (Å²) < 4.78 is 5.49. The molecular formula is C18H25NO5. The van der Waals surface area contributed by atoms with E-state index in [1.54, 1.807) is 7.11 Å². The third-order valence-corrected chi connectivity index (χ3v) is 4.77. The SMILES string of the molecule is COC(C(=O)N1[C@@H]2CCC[C@H]1CC(O)C2)c1ccccc1.O=CO. The van der Waals surface area contributed by atoms with Gasteiger partial charge in [0.15, 0.2) is 6.10 Å². The number of rotatable bonds is 3. The maximum Gasteiger partial charge on any atom is 0.290 e. The van der Waals surface area contributed by atoms with Crippen molar-refractivity contribution in [3.63, 3.8) is 0 Å². The van der Waals surface area contributed by atoms with Gasteiger partial charge in [-0.1, -0.05) is 30.3 Å². The average molecular weight is 335 g/mol. The van der Waals surface area contributed by atoms with E-state index >= 15 is 0 Å². The standard InChI is InChI=1S/C17H23NO3.CH2O2/c1-21-16(12-6-3-2-4-7-12)17(20)18-13-8-5-9-14(18)11-15(19)10-13;2-1-3/h2-4,6-7,13-16,19H,5,8-11H2,1H3;1H,(H,2,3)/t13-,14+,15?,16?;. The molecule has 24 heavy (non-hydrogen) atoms. The van der Waals surface area contributed by atoms with Gasteiger partial charge < -0.3 is 19.8 Å². The largest absolute Gasteiger partial charge is 0.483 e. The van der Waals surface area contributed by atoms with Crippen molar-refractivity contribution < 1.29 is 24.5 Å². The summed E-state index contributed by atoms with van der Waals surface area (Å²) in [5.41, 5.74) is 0.897. The Morgan fingerprint density at radius 2 is 1.79 bits per heavy atom. The van der Waals surface area contributed by atoms with E-state index in [1.165, 1.54) is 0 Å². The number of hydrogen-bond donors (Lipinski definition) is 2. The summed E-state index contributed by atoms with van der Waals surface area (Å²) in [5, 5.41) is 16.8. The first-order valence-corrected chi connectivity index (χ1v) is 8.28. The zero-order chi connectivity index (χ0) is 17.5. The van der Waals surface area contributed by atoms with Crippen LogP contribution in [0, 0.1) is 0 Å². The molecule has 0 aromatic heterocycles. The van der Waals surface area contributed by atoms with Crippen LogP contribution in [-0.2, 0) is 14.3 Å². The zero-order valence-electron chi connectivity index (χ0n) is 13.9. The molecule has 0 saturated carbocycles. The van der Waals surface area contributed by atoms with Crippen molar-refractivity contribution >= 4 is 12.4 Å². The average Bonchev–Trinajstić information content (AvgIpc) is 2.56. The third kappa shape index (κ3) is 4.13. The summed E-state index contributed by atoms with van der Waals surface area (Å²) >= 11 is 0. The van der Waals surface area contributed by atoms with Gasteiger partial charge in [0.1, 0.15) is 0 Å². The molecule has 1 aromatic rings. The number of carboxylic acid groups (broad SMARTS) is 1. The smallest absolute Gasteiger partial charge is 0.290 e. The van der Waals surface area contributed by atoms with Crippen LogP contribution in [-0.4, -0.2) is 52.8 Å². The predicted octanol–water partition coefficient (Wildman–Crippen LogP) is 1.98. The highest BCUT2D eigenvalue weighted by atomic mass is 16.5. The minimum absolute atomic E-state index is 0.0466. The second kappa shape index (κ2) is 8.80. The van der Waals surface area contributed by atoms with Gasteiger partial charge in [-0.05, 0) is 37.7 Å². The molecule has 2 heterocycles. The van der Waals surface area contributed by atoms with Gasteiger partial charge >= 0.3 is 0 Å². The number of carbonyl (C=O) groups is 2. The summed E-state index contributed by atoms with van der Waals surface area (Å²) in [6.45, 7) is -0.250. The number of fused-ring (bicyclic) bond motifs is 2. The van der Waals surface area contributed by atoms with Crippen molar-refractivity contribution in [1.29, 1.82) is 0 Å². The number of piperidine rings is 2. The Bertz CT molecular complexity index is 521. The summed E-state index contributed by atoms with van der Waals surface area (Å²) in [7, 11) is 1.59. The summed E-state index contributed by atoms with van der Waals surface area (Å²) in [5.74, 6) is 0.0466. The predicted molar refractivity (Wildman–Crippen MR) is 88.4 cm³/mol. The normalized spacial score (nSPS) is 26.8. The lowest BCUT2D eigenvalue weighted by Gasteiger charge is -2.48. The van der Waals surface area contributed by atoms with E-state index < -0.39 is 6.10 Å². The Kier molecular flexibility index (Phi) is 6.75. The summed E-state index contributed by atoms with van der Waals surface area (Å²) in [4.78, 5) is 23.3. The zero-order valence-corrected chi connectivity index (χ0v) is 13.9. The number of hydrogen-bond acceptors (Lipinski definition) is 4. The number of nitrogens with zero attached hydrogens (tertiary/aromatic N) is 1. The molecule has 1 aromatic carbocycles. The Balaban J connectivity index is 0.000000647. The second-order valence-electron chi connectivity index (χ2n) is 6.24. The van der Waals surface area contributed by atoms with Gasteiger partial charge in [0.25, 0.3) is 12.4 Å². The van der Waals surface area contributed by atoms with Crippen LogP contribution in [0.15, 0.2) is 30.3 Å². The first-order chi connectivity index (χ1) is 11.6. The molecule has 2 aliphatic rings. The summed E-state index contributed by atoms with van der Waals surface area (Å²) in [6, 6.07) is 9.99. The highest BCUT2D eigenvalue weighted by Crippen LogP contribution is 2.36. The van der Waals surface area contributed by atoms with Crippen LogP contribution in [0.4, 0.5) is 0 Å². The van der Waals surface area contributed by atoms with Gasteiger partial charge in [-0.2, -0.15) is 0 Å². The Hall–Kier alpha value is -1.92. The lowest BCUT2D eigenvalue weighted by molar-refractivity contribution is -0.155. The van der Waals surface area contributed by atoms with Crippen molar-refractivity contribution in [1.82, 2.24) is 4.90 Å². The van der Waals surface area contributed by atoms with Crippen molar-refractivity contribution in [3.8, 4) is 0 Å². The van der Waals surface area contributed by atoms with E-state index in [1.807, 2.05) is 35.2 Å². The molecule has 0 radical (unpaired) electrons. The quantitative estimate of drug-likeness (QED) is 0.825.